The van der Waals surface area contributed by atoms with Gasteiger partial charge in [0.2, 0.25) is 5.71 Å². The van der Waals surface area contributed by atoms with Crippen molar-refractivity contribution in [3.05, 3.63) is 71.5 Å². The minimum atomic E-state index is -0.386. The number of likely N-dealkylation sites (N-methyl/N-ethyl adjacent to an activating group) is 1. The lowest BCUT2D eigenvalue weighted by molar-refractivity contribution is 0.0466. The third-order valence-electron chi connectivity index (χ3n) is 5.60. The largest absolute Gasteiger partial charge is 0.461 e. The molecule has 0 unspecified atom stereocenters. The zero-order chi connectivity index (χ0) is 23.4. The predicted octanol–water partition coefficient (Wildman–Crippen LogP) is 5.46. The van der Waals surface area contributed by atoms with E-state index in [0.717, 1.165) is 34.9 Å². The number of hydrogen-bond acceptors (Lipinski definition) is 6. The Hall–Kier alpha value is -3.42. The summed E-state index contributed by atoms with van der Waals surface area (Å²) in [5.74, 6) is -0.599. The second-order valence-electron chi connectivity index (χ2n) is 7.88. The Bertz CT molecular complexity index is 1300. The molecular weight excluding hydrogens is 454 g/mol. The Labute approximate surface area is 204 Å². The molecule has 2 heterocycles. The summed E-state index contributed by atoms with van der Waals surface area (Å²) in [4.78, 5) is 31.6. The van der Waals surface area contributed by atoms with E-state index in [0.29, 0.717) is 30.1 Å². The molecule has 0 radical (unpaired) electrons. The molecule has 178 valence electrons. The minimum absolute atomic E-state index is 0. The van der Waals surface area contributed by atoms with E-state index in [-0.39, 0.29) is 30.0 Å². The molecule has 34 heavy (non-hydrogen) atoms. The number of carbonyl (C=O) groups excluding carboxylic acids is 2. The van der Waals surface area contributed by atoms with Crippen LogP contribution in [0.15, 0.2) is 59.0 Å². The van der Waals surface area contributed by atoms with Crippen molar-refractivity contribution in [2.45, 2.75) is 20.8 Å². The van der Waals surface area contributed by atoms with Crippen LogP contribution in [0.2, 0.25) is 0 Å². The van der Waals surface area contributed by atoms with Crippen LogP contribution in [-0.4, -0.2) is 48.0 Å². The van der Waals surface area contributed by atoms with Crippen LogP contribution in [0.1, 0.15) is 40.3 Å². The van der Waals surface area contributed by atoms with Gasteiger partial charge in [0.1, 0.15) is 6.61 Å². The van der Waals surface area contributed by atoms with Gasteiger partial charge < -0.3 is 19.4 Å². The maximum absolute atomic E-state index is 12.7. The van der Waals surface area contributed by atoms with Gasteiger partial charge in [-0.1, -0.05) is 26.0 Å². The number of aromatic nitrogens is 1. The molecule has 0 spiro atoms. The molecule has 1 amide bonds. The number of nitrogens with one attached hydrogen (secondary N) is 1. The summed E-state index contributed by atoms with van der Waals surface area (Å²) >= 11 is 0. The topological polar surface area (TPSA) is 84.7 Å². The maximum Gasteiger partial charge on any atom is 0.338 e. The standard InChI is InChI=1S/C26H27N3O4.ClH/c1-4-29(5-2)12-13-32-26(31)18-8-10-21(11-9-18)27-24(30)23-16-20-15-19-7-6-17(3)14-22(19)28-25(20)33-23;/h6-11,14-16H,4-5,12-13H2,1-3H3,(H,27,30);1H. The summed E-state index contributed by atoms with van der Waals surface area (Å²) in [5, 5.41) is 4.54. The number of nitrogens with zero attached hydrogens (tertiary/aromatic N) is 2. The summed E-state index contributed by atoms with van der Waals surface area (Å²) in [6.45, 7) is 9.03. The van der Waals surface area contributed by atoms with E-state index in [2.05, 4.69) is 29.0 Å². The monoisotopic (exact) mass is 481 g/mol. The average molecular weight is 482 g/mol. The highest BCUT2D eigenvalue weighted by Gasteiger charge is 2.15. The van der Waals surface area contributed by atoms with Crippen molar-refractivity contribution < 1.29 is 18.7 Å². The fourth-order valence-corrected chi connectivity index (χ4v) is 3.62. The first-order valence-electron chi connectivity index (χ1n) is 11.1. The molecule has 2 aromatic heterocycles. The Balaban J connectivity index is 0.00000324. The Morgan fingerprint density at radius 3 is 2.44 bits per heavy atom. The van der Waals surface area contributed by atoms with Gasteiger partial charge in [-0.25, -0.2) is 9.78 Å². The molecule has 0 aliphatic rings. The third kappa shape index (κ3) is 5.73. The second kappa shape index (κ2) is 11.1. The zero-order valence-electron chi connectivity index (χ0n) is 19.5. The molecule has 0 saturated heterocycles. The van der Waals surface area contributed by atoms with Crippen LogP contribution < -0.4 is 5.32 Å². The number of rotatable bonds is 8. The number of hydrogen-bond donors (Lipinski definition) is 1. The molecule has 0 saturated carbocycles. The summed E-state index contributed by atoms with van der Waals surface area (Å²) in [5.41, 5.74) is 3.33. The molecule has 8 heteroatoms. The molecule has 1 N–H and O–H groups in total. The third-order valence-corrected chi connectivity index (χ3v) is 5.60. The first-order chi connectivity index (χ1) is 16.0. The van der Waals surface area contributed by atoms with Crippen molar-refractivity contribution in [3.63, 3.8) is 0 Å². The number of benzene rings is 2. The number of carbonyl (C=O) groups is 2. The lowest BCUT2D eigenvalue weighted by atomic mass is 10.1. The summed E-state index contributed by atoms with van der Waals surface area (Å²) < 4.78 is 11.0. The number of fused-ring (bicyclic) bond motifs is 2. The Morgan fingerprint density at radius 1 is 1.00 bits per heavy atom. The molecule has 0 atom stereocenters. The number of amides is 1. The number of pyridine rings is 1. The molecule has 0 fully saturated rings. The van der Waals surface area contributed by atoms with E-state index in [4.69, 9.17) is 9.15 Å². The first-order valence-corrected chi connectivity index (χ1v) is 11.1. The van der Waals surface area contributed by atoms with Crippen molar-refractivity contribution >= 4 is 52.0 Å². The van der Waals surface area contributed by atoms with Gasteiger partial charge in [-0.3, -0.25) is 4.79 Å². The van der Waals surface area contributed by atoms with Gasteiger partial charge >= 0.3 is 5.97 Å². The van der Waals surface area contributed by atoms with Crippen LogP contribution in [0.3, 0.4) is 0 Å². The van der Waals surface area contributed by atoms with Gasteiger partial charge in [-0.15, -0.1) is 12.4 Å². The average Bonchev–Trinajstić information content (AvgIpc) is 3.23. The number of esters is 1. The van der Waals surface area contributed by atoms with Crippen LogP contribution in [0.5, 0.6) is 0 Å². The van der Waals surface area contributed by atoms with Crippen molar-refractivity contribution in [2.24, 2.45) is 0 Å². The number of anilines is 1. The predicted molar refractivity (Wildman–Crippen MR) is 136 cm³/mol. The molecule has 4 rings (SSSR count). The highest BCUT2D eigenvalue weighted by molar-refractivity contribution is 6.05. The molecule has 2 aromatic carbocycles. The van der Waals surface area contributed by atoms with E-state index in [9.17, 15) is 9.59 Å². The van der Waals surface area contributed by atoms with E-state index in [1.807, 2.05) is 31.2 Å². The van der Waals surface area contributed by atoms with Crippen LogP contribution in [-0.2, 0) is 4.74 Å². The van der Waals surface area contributed by atoms with Crippen LogP contribution in [0.4, 0.5) is 5.69 Å². The fraction of sp³-hybridized carbons (Fsp3) is 0.269. The van der Waals surface area contributed by atoms with Crippen LogP contribution in [0.25, 0.3) is 22.0 Å². The normalized spacial score (nSPS) is 10.9. The number of aryl methyl sites for hydroxylation is 1. The molecule has 0 aliphatic heterocycles. The summed E-state index contributed by atoms with van der Waals surface area (Å²) in [6.07, 6.45) is 0. The van der Waals surface area contributed by atoms with Gasteiger partial charge in [0, 0.05) is 23.0 Å². The van der Waals surface area contributed by atoms with Gasteiger partial charge in [0.25, 0.3) is 5.91 Å². The lowest BCUT2D eigenvalue weighted by Crippen LogP contribution is -2.27. The van der Waals surface area contributed by atoms with Crippen molar-refractivity contribution in [2.75, 3.05) is 31.6 Å². The van der Waals surface area contributed by atoms with Crippen molar-refractivity contribution in [1.29, 1.82) is 0 Å². The van der Waals surface area contributed by atoms with E-state index < -0.39 is 0 Å². The number of furan rings is 1. The molecule has 4 aromatic rings. The van der Waals surface area contributed by atoms with Crippen molar-refractivity contribution in [1.82, 2.24) is 9.88 Å². The zero-order valence-corrected chi connectivity index (χ0v) is 20.3. The summed E-state index contributed by atoms with van der Waals surface area (Å²) in [7, 11) is 0. The highest BCUT2D eigenvalue weighted by Crippen LogP contribution is 2.24. The lowest BCUT2D eigenvalue weighted by Gasteiger charge is -2.17. The van der Waals surface area contributed by atoms with Crippen LogP contribution >= 0.6 is 12.4 Å². The maximum atomic E-state index is 12.7. The summed E-state index contributed by atoms with van der Waals surface area (Å²) in [6, 6.07) is 16.2. The minimum Gasteiger partial charge on any atom is -0.461 e. The number of halogens is 1. The van der Waals surface area contributed by atoms with Crippen LogP contribution in [0, 0.1) is 6.92 Å². The molecular formula is C26H28ClN3O4. The second-order valence-corrected chi connectivity index (χ2v) is 7.88. The van der Waals surface area contributed by atoms with Crippen molar-refractivity contribution in [3.8, 4) is 0 Å². The van der Waals surface area contributed by atoms with Gasteiger partial charge in [0.15, 0.2) is 5.76 Å². The Kier molecular flexibility index (Phi) is 8.26. The van der Waals surface area contributed by atoms with E-state index >= 15 is 0 Å². The Morgan fingerprint density at radius 2 is 1.74 bits per heavy atom. The van der Waals surface area contributed by atoms with Gasteiger partial charge in [0.05, 0.1) is 11.1 Å². The van der Waals surface area contributed by atoms with Gasteiger partial charge in [-0.2, -0.15) is 0 Å². The molecule has 0 bridgehead atoms. The first kappa shape index (κ1) is 25.2. The van der Waals surface area contributed by atoms with Gasteiger partial charge in [-0.05, 0) is 68.0 Å². The molecule has 0 aliphatic carbocycles. The fourth-order valence-electron chi connectivity index (χ4n) is 3.62. The quantitative estimate of drug-likeness (QED) is 0.336. The SMILES string of the molecule is CCN(CC)CCOC(=O)c1ccc(NC(=O)c2cc3cc4ccc(C)cc4nc3o2)cc1.Cl. The smallest absolute Gasteiger partial charge is 0.338 e. The molecule has 7 nitrogen and oxygen atoms in total. The number of ether oxygens (including phenoxy) is 1. The van der Waals surface area contributed by atoms with E-state index in [1.165, 1.54) is 0 Å². The van der Waals surface area contributed by atoms with E-state index in [1.54, 1.807) is 30.3 Å². The highest BCUT2D eigenvalue weighted by atomic mass is 35.5.